The van der Waals surface area contributed by atoms with Gasteiger partial charge in [-0.05, 0) is 32.9 Å². The average molecular weight is 573 g/mol. The van der Waals surface area contributed by atoms with Crippen LogP contribution in [0.15, 0.2) is 46.2 Å². The summed E-state index contributed by atoms with van der Waals surface area (Å²) in [6.07, 6.45) is 3.37. The summed E-state index contributed by atoms with van der Waals surface area (Å²) in [7, 11) is -2.57. The van der Waals surface area contributed by atoms with Crippen LogP contribution in [-0.2, 0) is 10.0 Å². The molecule has 4 rings (SSSR count). The van der Waals surface area contributed by atoms with Gasteiger partial charge in [-0.2, -0.15) is 4.31 Å². The third-order valence-corrected chi connectivity index (χ3v) is 8.88. The molecule has 14 heteroatoms. The lowest BCUT2D eigenvalue weighted by Crippen LogP contribution is -2.50. The van der Waals surface area contributed by atoms with E-state index in [4.69, 9.17) is 9.26 Å². The zero-order valence-electron chi connectivity index (χ0n) is 22.9. The number of aliphatic hydroxyl groups is 1. The highest BCUT2D eigenvalue weighted by molar-refractivity contribution is 7.89. The van der Waals surface area contributed by atoms with Crippen LogP contribution in [0.2, 0.25) is 0 Å². The van der Waals surface area contributed by atoms with Crippen molar-refractivity contribution in [1.29, 1.82) is 0 Å². The smallest absolute Gasteiger partial charge is 0.275 e. The van der Waals surface area contributed by atoms with Gasteiger partial charge in [-0.15, -0.1) is 0 Å². The Morgan fingerprint density at radius 2 is 2.05 bits per heavy atom. The Balaban J connectivity index is 1.74. The Bertz CT molecular complexity index is 1470. The molecule has 1 aromatic carbocycles. The largest absolute Gasteiger partial charge is 0.486 e. The van der Waals surface area contributed by atoms with Crippen LogP contribution in [0.25, 0.3) is 0 Å². The molecule has 2 N–H and O–H groups in total. The molecule has 0 unspecified atom stereocenters. The molecule has 3 heterocycles. The first-order valence-corrected chi connectivity index (χ1v) is 14.1. The van der Waals surface area contributed by atoms with Crippen molar-refractivity contribution in [2.75, 3.05) is 32.1 Å². The maximum atomic E-state index is 13.6. The first kappa shape index (κ1) is 29.1. The predicted octanol–water partition coefficient (Wildman–Crippen LogP) is 1.87. The molecular weight excluding hydrogens is 540 g/mol. The lowest BCUT2D eigenvalue weighted by Gasteiger charge is -2.38. The van der Waals surface area contributed by atoms with E-state index in [0.717, 1.165) is 4.31 Å². The van der Waals surface area contributed by atoms with Crippen LogP contribution in [0.1, 0.15) is 46.1 Å². The highest BCUT2D eigenvalue weighted by Crippen LogP contribution is 2.35. The maximum Gasteiger partial charge on any atom is 0.275 e. The molecule has 2 aromatic heterocycles. The van der Waals surface area contributed by atoms with Crippen molar-refractivity contribution in [3.05, 3.63) is 59.5 Å². The molecule has 0 bridgehead atoms. The lowest BCUT2D eigenvalue weighted by molar-refractivity contribution is 0.0388. The van der Waals surface area contributed by atoms with Gasteiger partial charge < -0.3 is 24.6 Å². The molecule has 3 aromatic rings. The monoisotopic (exact) mass is 572 g/mol. The number of likely N-dealkylation sites (N-methyl/N-ethyl adjacent to an activating group) is 1. The van der Waals surface area contributed by atoms with Gasteiger partial charge in [0.2, 0.25) is 10.0 Å². The van der Waals surface area contributed by atoms with Crippen LogP contribution in [0.3, 0.4) is 0 Å². The van der Waals surface area contributed by atoms with Crippen molar-refractivity contribution in [1.82, 2.24) is 24.3 Å². The molecule has 3 atom stereocenters. The van der Waals surface area contributed by atoms with E-state index < -0.39 is 34.0 Å². The number of hydrogen-bond acceptors (Lipinski definition) is 10. The second-order valence-electron chi connectivity index (χ2n) is 9.79. The van der Waals surface area contributed by atoms with Crippen LogP contribution in [0, 0.1) is 19.8 Å². The fraction of sp³-hybridized carbons (Fsp3) is 0.423. The van der Waals surface area contributed by atoms with Crippen LogP contribution in [0.4, 0.5) is 5.69 Å². The van der Waals surface area contributed by atoms with E-state index in [0.29, 0.717) is 0 Å². The first-order chi connectivity index (χ1) is 18.9. The van der Waals surface area contributed by atoms with E-state index in [2.05, 4.69) is 20.4 Å². The van der Waals surface area contributed by atoms with E-state index in [-0.39, 0.29) is 64.7 Å². The number of aromatic nitrogens is 3. The van der Waals surface area contributed by atoms with Gasteiger partial charge in [0, 0.05) is 31.9 Å². The second kappa shape index (κ2) is 11.7. The molecule has 0 radical (unpaired) electrons. The summed E-state index contributed by atoms with van der Waals surface area (Å²) in [4.78, 5) is 36.0. The number of aliphatic hydroxyl groups excluding tert-OH is 1. The second-order valence-corrected chi connectivity index (χ2v) is 11.8. The number of rotatable bonds is 8. The SMILES string of the molecule is Cc1noc(C)c1S(=O)(=O)N(C)C[C@H]1Oc2c(NC(=O)c3cnccn3)cccc2C(=O)N([C@H](C)CO)C[C@H]1C. The van der Waals surface area contributed by atoms with Crippen molar-refractivity contribution in [2.24, 2.45) is 5.92 Å². The Kier molecular flexibility index (Phi) is 8.51. The summed E-state index contributed by atoms with van der Waals surface area (Å²) < 4.78 is 39.5. The number of carbonyl (C=O) groups excluding carboxylic acids is 2. The number of amides is 2. The molecule has 0 spiro atoms. The lowest BCUT2D eigenvalue weighted by atomic mass is 9.99. The topological polar surface area (TPSA) is 168 Å². The minimum atomic E-state index is -4.00. The quantitative estimate of drug-likeness (QED) is 0.406. The molecule has 1 aliphatic heterocycles. The summed E-state index contributed by atoms with van der Waals surface area (Å²) in [5.74, 6) is -1.09. The van der Waals surface area contributed by atoms with Crippen molar-refractivity contribution in [3.63, 3.8) is 0 Å². The number of nitrogens with one attached hydrogen (secondary N) is 1. The van der Waals surface area contributed by atoms with Gasteiger partial charge in [-0.3, -0.25) is 14.6 Å². The number of benzene rings is 1. The summed E-state index contributed by atoms with van der Waals surface area (Å²) >= 11 is 0. The zero-order chi connectivity index (χ0) is 29.2. The highest BCUT2D eigenvalue weighted by Gasteiger charge is 2.37. The van der Waals surface area contributed by atoms with Gasteiger partial charge in [0.1, 0.15) is 22.4 Å². The molecule has 0 saturated heterocycles. The van der Waals surface area contributed by atoms with Gasteiger partial charge in [-0.25, -0.2) is 13.4 Å². The van der Waals surface area contributed by atoms with Gasteiger partial charge in [0.05, 0.1) is 36.6 Å². The molecule has 2 amide bonds. The van der Waals surface area contributed by atoms with E-state index in [1.54, 1.807) is 32.0 Å². The maximum absolute atomic E-state index is 13.6. The third-order valence-electron chi connectivity index (χ3n) is 6.81. The van der Waals surface area contributed by atoms with E-state index >= 15 is 0 Å². The first-order valence-electron chi connectivity index (χ1n) is 12.6. The van der Waals surface area contributed by atoms with Gasteiger partial charge in [0.25, 0.3) is 11.8 Å². The number of hydrogen-bond donors (Lipinski definition) is 2. The summed E-state index contributed by atoms with van der Waals surface area (Å²) in [5.41, 5.74) is 0.658. The number of nitrogens with zero attached hydrogens (tertiary/aromatic N) is 5. The summed E-state index contributed by atoms with van der Waals surface area (Å²) in [5, 5.41) is 16.4. The van der Waals surface area contributed by atoms with E-state index in [1.807, 2.05) is 6.92 Å². The number of ether oxygens (including phenoxy) is 1. The van der Waals surface area contributed by atoms with Crippen molar-refractivity contribution < 1.29 is 32.4 Å². The Morgan fingerprint density at radius 3 is 2.67 bits per heavy atom. The van der Waals surface area contributed by atoms with Gasteiger partial charge >= 0.3 is 0 Å². The van der Waals surface area contributed by atoms with Crippen molar-refractivity contribution in [3.8, 4) is 5.75 Å². The van der Waals surface area contributed by atoms with Crippen LogP contribution in [0.5, 0.6) is 5.75 Å². The number of sulfonamides is 1. The number of anilines is 1. The fourth-order valence-corrected chi connectivity index (χ4v) is 5.98. The molecule has 1 aliphatic rings. The number of aryl methyl sites for hydroxylation is 2. The molecule has 0 aliphatic carbocycles. The standard InChI is InChI=1S/C26H32N6O7S/c1-15-12-32(16(2)14-33)26(35)19-7-6-8-20(29-25(34)21-11-27-9-10-28-21)23(19)38-22(15)13-31(5)40(36,37)24-17(3)30-39-18(24)4/h6-11,15-16,22,33H,12-14H2,1-5H3,(H,29,34)/t15-,16-,22-/m1/s1. The third kappa shape index (κ3) is 5.69. The summed E-state index contributed by atoms with van der Waals surface area (Å²) in [6.45, 7) is 6.45. The Hall–Kier alpha value is -3.88. The Morgan fingerprint density at radius 1 is 1.30 bits per heavy atom. The predicted molar refractivity (Wildman–Crippen MR) is 143 cm³/mol. The average Bonchev–Trinajstić information content (AvgIpc) is 3.29. The Labute approximate surface area is 232 Å². The van der Waals surface area contributed by atoms with Crippen LogP contribution < -0.4 is 10.1 Å². The van der Waals surface area contributed by atoms with E-state index in [9.17, 15) is 23.1 Å². The highest BCUT2D eigenvalue weighted by atomic mass is 32.2. The molecular formula is C26H32N6O7S. The van der Waals surface area contributed by atoms with Gasteiger partial charge in [-0.1, -0.05) is 18.1 Å². The minimum absolute atomic E-state index is 0.0171. The fourth-order valence-electron chi connectivity index (χ4n) is 4.51. The molecule has 13 nitrogen and oxygen atoms in total. The molecule has 40 heavy (non-hydrogen) atoms. The number of carbonyl (C=O) groups is 2. The van der Waals surface area contributed by atoms with Gasteiger partial charge in [0.15, 0.2) is 11.5 Å². The molecule has 214 valence electrons. The molecule has 0 fully saturated rings. The van der Waals surface area contributed by atoms with Crippen LogP contribution >= 0.6 is 0 Å². The normalized spacial score (nSPS) is 18.5. The van der Waals surface area contributed by atoms with E-state index in [1.165, 1.54) is 37.5 Å². The van der Waals surface area contributed by atoms with Crippen molar-refractivity contribution >= 4 is 27.5 Å². The van der Waals surface area contributed by atoms with Crippen LogP contribution in [-0.4, -0.2) is 88.6 Å². The molecule has 0 saturated carbocycles. The van der Waals surface area contributed by atoms with Crippen molar-refractivity contribution in [2.45, 2.75) is 44.7 Å². The zero-order valence-corrected chi connectivity index (χ0v) is 23.7. The minimum Gasteiger partial charge on any atom is -0.486 e. The number of para-hydroxylation sites is 1. The summed E-state index contributed by atoms with van der Waals surface area (Å²) in [6, 6.07) is 4.21. The number of fused-ring (bicyclic) bond motifs is 1.